The van der Waals surface area contributed by atoms with Gasteiger partial charge < -0.3 is 5.32 Å². The van der Waals surface area contributed by atoms with Gasteiger partial charge in [0.1, 0.15) is 10.7 Å². The van der Waals surface area contributed by atoms with E-state index in [9.17, 15) is 8.42 Å². The summed E-state index contributed by atoms with van der Waals surface area (Å²) in [6.45, 7) is 0. The van der Waals surface area contributed by atoms with E-state index in [-0.39, 0.29) is 4.90 Å². The highest BCUT2D eigenvalue weighted by Crippen LogP contribution is 2.66. The third kappa shape index (κ3) is 1.99. The number of nitrogens with zero attached hydrogens (tertiary/aromatic N) is 2. The lowest BCUT2D eigenvalue weighted by molar-refractivity contribution is 0.456. The molecule has 0 radical (unpaired) electrons. The Bertz CT molecular complexity index is 640. The first-order valence-electron chi connectivity index (χ1n) is 7.63. The average Bonchev–Trinajstić information content (AvgIpc) is 2.84. The molecular formula is C15H21N3O2S. The van der Waals surface area contributed by atoms with E-state index in [2.05, 4.69) is 10.3 Å². The van der Waals surface area contributed by atoms with Crippen LogP contribution in [0.25, 0.3) is 0 Å². The van der Waals surface area contributed by atoms with Crippen molar-refractivity contribution < 1.29 is 8.42 Å². The molecule has 1 heterocycles. The molecule has 1 aromatic rings. The lowest BCUT2D eigenvalue weighted by Crippen LogP contribution is -2.22. The molecule has 3 saturated carbocycles. The van der Waals surface area contributed by atoms with Crippen molar-refractivity contribution in [1.82, 2.24) is 9.29 Å². The molecule has 0 spiro atoms. The number of fused-ring (bicyclic) bond motifs is 5. The summed E-state index contributed by atoms with van der Waals surface area (Å²) in [5, 5.41) is 3.51. The molecule has 4 unspecified atom stereocenters. The molecule has 0 amide bonds. The third-order valence-electron chi connectivity index (χ3n) is 5.56. The Morgan fingerprint density at radius 3 is 2.38 bits per heavy atom. The van der Waals surface area contributed by atoms with Gasteiger partial charge in [-0.1, -0.05) is 0 Å². The summed E-state index contributed by atoms with van der Waals surface area (Å²) in [6, 6.07) is 3.99. The molecule has 1 N–H and O–H groups in total. The van der Waals surface area contributed by atoms with Crippen molar-refractivity contribution in [2.45, 2.75) is 30.2 Å². The van der Waals surface area contributed by atoms with Crippen molar-refractivity contribution in [1.29, 1.82) is 0 Å². The van der Waals surface area contributed by atoms with E-state index in [1.807, 2.05) is 0 Å². The van der Waals surface area contributed by atoms with Crippen molar-refractivity contribution >= 4 is 15.8 Å². The lowest BCUT2D eigenvalue weighted by atomic mass is 10.0. The van der Waals surface area contributed by atoms with Crippen LogP contribution in [0, 0.1) is 23.7 Å². The van der Waals surface area contributed by atoms with Crippen LogP contribution < -0.4 is 5.32 Å². The molecule has 4 atom stereocenters. The molecule has 3 aliphatic carbocycles. The number of hydrogen-bond acceptors (Lipinski definition) is 4. The summed E-state index contributed by atoms with van der Waals surface area (Å²) in [6.07, 6.45) is 5.68. The number of anilines is 1. The first-order chi connectivity index (χ1) is 9.98. The Balaban J connectivity index is 1.46. The maximum atomic E-state index is 12.0. The predicted molar refractivity (Wildman–Crippen MR) is 80.3 cm³/mol. The SMILES string of the molecule is CN(C)S(=O)(=O)c1ccc(NC2C3C4CCC(C4)C23)nc1. The molecular weight excluding hydrogens is 286 g/mol. The maximum absolute atomic E-state index is 12.0. The number of rotatable bonds is 4. The average molecular weight is 307 g/mol. The first-order valence-corrected chi connectivity index (χ1v) is 9.07. The zero-order valence-electron chi connectivity index (χ0n) is 12.4. The number of hydrogen-bond donors (Lipinski definition) is 1. The quantitative estimate of drug-likeness (QED) is 0.921. The molecule has 21 heavy (non-hydrogen) atoms. The molecule has 1 aromatic heterocycles. The number of nitrogens with one attached hydrogen (secondary N) is 1. The molecule has 2 bridgehead atoms. The minimum absolute atomic E-state index is 0.245. The van der Waals surface area contributed by atoms with Crippen LogP contribution >= 0.6 is 0 Å². The fraction of sp³-hybridized carbons (Fsp3) is 0.667. The summed E-state index contributed by atoms with van der Waals surface area (Å²) in [5.74, 6) is 4.33. The number of sulfonamides is 1. The normalized spacial score (nSPS) is 36.8. The summed E-state index contributed by atoms with van der Waals surface area (Å²) in [5.41, 5.74) is 0. The van der Waals surface area contributed by atoms with Gasteiger partial charge in [0.05, 0.1) is 0 Å². The fourth-order valence-corrected chi connectivity index (χ4v) is 5.37. The minimum Gasteiger partial charge on any atom is -0.367 e. The van der Waals surface area contributed by atoms with Gasteiger partial charge >= 0.3 is 0 Å². The maximum Gasteiger partial charge on any atom is 0.244 e. The summed E-state index contributed by atoms with van der Waals surface area (Å²) in [4.78, 5) is 4.53. The molecule has 0 aromatic carbocycles. The Morgan fingerprint density at radius 2 is 1.86 bits per heavy atom. The largest absolute Gasteiger partial charge is 0.367 e. The van der Waals surface area contributed by atoms with Gasteiger partial charge in [-0.2, -0.15) is 0 Å². The molecule has 114 valence electrons. The van der Waals surface area contributed by atoms with Crippen molar-refractivity contribution in [3.63, 3.8) is 0 Å². The smallest absolute Gasteiger partial charge is 0.244 e. The topological polar surface area (TPSA) is 62.3 Å². The Morgan fingerprint density at radius 1 is 1.19 bits per heavy atom. The van der Waals surface area contributed by atoms with E-state index >= 15 is 0 Å². The van der Waals surface area contributed by atoms with E-state index in [0.29, 0.717) is 6.04 Å². The molecule has 3 fully saturated rings. The summed E-state index contributed by atoms with van der Waals surface area (Å²) in [7, 11) is -0.325. The van der Waals surface area contributed by atoms with Crippen molar-refractivity contribution in [3.8, 4) is 0 Å². The molecule has 0 saturated heterocycles. The van der Waals surface area contributed by atoms with Gasteiger partial charge in [0.2, 0.25) is 10.0 Å². The lowest BCUT2D eigenvalue weighted by Gasteiger charge is -2.13. The van der Waals surface area contributed by atoms with Crippen LogP contribution in [-0.4, -0.2) is 37.8 Å². The van der Waals surface area contributed by atoms with Crippen molar-refractivity contribution in [3.05, 3.63) is 18.3 Å². The Labute approximate surface area is 125 Å². The molecule has 3 aliphatic rings. The highest BCUT2D eigenvalue weighted by Gasteiger charge is 2.65. The zero-order valence-corrected chi connectivity index (χ0v) is 13.2. The first kappa shape index (κ1) is 13.5. The fourth-order valence-electron chi connectivity index (χ4n) is 4.52. The van der Waals surface area contributed by atoms with Crippen LogP contribution in [0.1, 0.15) is 19.3 Å². The van der Waals surface area contributed by atoms with Gasteiger partial charge in [0, 0.05) is 26.3 Å². The monoisotopic (exact) mass is 307 g/mol. The van der Waals surface area contributed by atoms with Gasteiger partial charge in [-0.15, -0.1) is 0 Å². The van der Waals surface area contributed by atoms with E-state index in [0.717, 1.165) is 29.5 Å². The van der Waals surface area contributed by atoms with Crippen LogP contribution in [0.15, 0.2) is 23.2 Å². The molecule has 5 nitrogen and oxygen atoms in total. The Kier molecular flexibility index (Phi) is 2.85. The van der Waals surface area contributed by atoms with Gasteiger partial charge in [-0.25, -0.2) is 17.7 Å². The second-order valence-corrected chi connectivity index (χ2v) is 8.98. The van der Waals surface area contributed by atoms with Crippen LogP contribution in [0.5, 0.6) is 0 Å². The van der Waals surface area contributed by atoms with E-state index in [1.54, 1.807) is 12.1 Å². The standard InChI is InChI=1S/C15H21N3O2S/c1-18(2)21(19,20)11-5-6-12(16-8-11)17-15-13-9-3-4-10(7-9)14(13)15/h5-6,8-10,13-15H,3-4,7H2,1-2H3,(H,16,17). The highest BCUT2D eigenvalue weighted by molar-refractivity contribution is 7.89. The van der Waals surface area contributed by atoms with E-state index in [1.165, 1.54) is 43.9 Å². The minimum atomic E-state index is -3.39. The Hall–Kier alpha value is -1.14. The van der Waals surface area contributed by atoms with E-state index in [4.69, 9.17) is 0 Å². The zero-order chi connectivity index (χ0) is 14.8. The second kappa shape index (κ2) is 4.43. The highest BCUT2D eigenvalue weighted by atomic mass is 32.2. The third-order valence-corrected chi connectivity index (χ3v) is 7.36. The van der Waals surface area contributed by atoms with Gasteiger partial charge in [0.15, 0.2) is 0 Å². The van der Waals surface area contributed by atoms with E-state index < -0.39 is 10.0 Å². The van der Waals surface area contributed by atoms with Crippen molar-refractivity contribution in [2.24, 2.45) is 23.7 Å². The summed E-state index contributed by atoms with van der Waals surface area (Å²) < 4.78 is 25.2. The number of aromatic nitrogens is 1. The van der Waals surface area contributed by atoms with Crippen LogP contribution in [0.3, 0.4) is 0 Å². The van der Waals surface area contributed by atoms with Gasteiger partial charge in [0.25, 0.3) is 0 Å². The van der Waals surface area contributed by atoms with Crippen LogP contribution in [0.4, 0.5) is 5.82 Å². The summed E-state index contributed by atoms with van der Waals surface area (Å²) >= 11 is 0. The second-order valence-electron chi connectivity index (χ2n) is 6.82. The van der Waals surface area contributed by atoms with Gasteiger partial charge in [-0.05, 0) is 55.1 Å². The predicted octanol–water partition coefficient (Wildman–Crippen LogP) is 1.79. The van der Waals surface area contributed by atoms with Crippen molar-refractivity contribution in [2.75, 3.05) is 19.4 Å². The number of pyridine rings is 1. The van der Waals surface area contributed by atoms with Crippen LogP contribution in [0.2, 0.25) is 0 Å². The molecule has 4 rings (SSSR count). The molecule has 6 heteroatoms. The van der Waals surface area contributed by atoms with Crippen LogP contribution in [-0.2, 0) is 10.0 Å². The molecule has 0 aliphatic heterocycles. The van der Waals surface area contributed by atoms with Gasteiger partial charge in [-0.3, -0.25) is 0 Å².